The Morgan fingerprint density at radius 1 is 0.849 bits per heavy atom. The number of imidazole rings is 3. The minimum atomic E-state index is -0.933. The molecule has 301 valence electrons. The van der Waals surface area contributed by atoms with Crippen molar-refractivity contribution in [2.24, 2.45) is 32.0 Å². The van der Waals surface area contributed by atoms with E-state index < -0.39 is 5.97 Å². The van der Waals surface area contributed by atoms with Gasteiger partial charge in [0.25, 0.3) is 11.8 Å². The number of aryl methyl sites for hydroxylation is 7. The van der Waals surface area contributed by atoms with E-state index in [1.807, 2.05) is 37.1 Å². The summed E-state index contributed by atoms with van der Waals surface area (Å²) in [4.78, 5) is 30.7. The van der Waals surface area contributed by atoms with Crippen molar-refractivity contribution in [3.63, 3.8) is 0 Å². The number of amidine groups is 1. The van der Waals surface area contributed by atoms with Gasteiger partial charge in [-0.25, -0.2) is 19.7 Å². The fourth-order valence-electron chi connectivity index (χ4n) is 3.39. The number of oxime groups is 1. The van der Waals surface area contributed by atoms with E-state index in [1.54, 1.807) is 34.1 Å². The van der Waals surface area contributed by atoms with Crippen LogP contribution in [0.1, 0.15) is 61.0 Å². The Kier molecular flexibility index (Phi) is 38.7. The van der Waals surface area contributed by atoms with E-state index in [9.17, 15) is 4.79 Å². The third-order valence-electron chi connectivity index (χ3n) is 5.28. The number of carboxylic acids is 1. The molecule has 4 N–H and O–H groups in total. The van der Waals surface area contributed by atoms with Gasteiger partial charge in [-0.05, 0) is 57.5 Å². The van der Waals surface area contributed by atoms with Gasteiger partial charge in [-0.1, -0.05) is 30.3 Å². The number of nitrogens with zero attached hydrogens (tertiary/aromatic N) is 11. The maximum absolute atomic E-state index is 10.4. The molecule has 0 atom stereocenters. The van der Waals surface area contributed by atoms with Gasteiger partial charge in [-0.3, -0.25) is 0 Å². The van der Waals surface area contributed by atoms with Crippen LogP contribution in [0.4, 0.5) is 0 Å². The summed E-state index contributed by atoms with van der Waals surface area (Å²) in [7, 11) is 6.07. The topological polar surface area (TPSA) is 227 Å². The van der Waals surface area contributed by atoms with Crippen LogP contribution in [0, 0.1) is 34.6 Å². The molecule has 0 spiro atoms. The van der Waals surface area contributed by atoms with Crippen molar-refractivity contribution in [2.75, 3.05) is 0 Å². The van der Waals surface area contributed by atoms with Crippen LogP contribution in [0.2, 0.25) is 0 Å². The summed E-state index contributed by atoms with van der Waals surface area (Å²) in [5, 5.41) is 26.2. The van der Waals surface area contributed by atoms with E-state index >= 15 is 0 Å². The van der Waals surface area contributed by atoms with Crippen LogP contribution in [0.5, 0.6) is 0 Å². The molecule has 0 aromatic carbocycles. The number of hydrogen-bond acceptors (Lipinski definition) is 12. The first-order valence-corrected chi connectivity index (χ1v) is 40.1. The molecule has 53 heavy (non-hydrogen) atoms. The van der Waals surface area contributed by atoms with Gasteiger partial charge in [0.2, 0.25) is 0 Å². The molecule has 0 aliphatic carbocycles. The second-order valence-corrected chi connectivity index (χ2v) is 56.9. The van der Waals surface area contributed by atoms with Gasteiger partial charge in [0, 0.05) is 49.4 Å². The van der Waals surface area contributed by atoms with Crippen LogP contribution in [0.15, 0.2) is 31.6 Å². The van der Waals surface area contributed by atoms with Crippen LogP contribution in [0.3, 0.4) is 0 Å². The molecule has 0 saturated carbocycles. The summed E-state index contributed by atoms with van der Waals surface area (Å²) in [6, 6.07) is 0. The number of rotatable bonds is 3. The van der Waals surface area contributed by atoms with Crippen molar-refractivity contribution in [1.29, 1.82) is 0 Å². The van der Waals surface area contributed by atoms with Crippen molar-refractivity contribution in [3.8, 4) is 23.2 Å². The molecule has 5 aromatic heterocycles. The Morgan fingerprint density at radius 3 is 1.45 bits per heavy atom. The zero-order valence-corrected chi connectivity index (χ0v) is 46.5. The van der Waals surface area contributed by atoms with Gasteiger partial charge in [0.1, 0.15) is 22.9 Å². The van der Waals surface area contributed by atoms with E-state index in [0.29, 0.717) is 38.6 Å². The van der Waals surface area contributed by atoms with Gasteiger partial charge < -0.3 is 38.8 Å². The zero-order chi connectivity index (χ0) is 40.0. The van der Waals surface area contributed by atoms with Crippen molar-refractivity contribution < 1.29 is 38.5 Å². The Bertz CT molecular complexity index is 1730. The second kappa shape index (κ2) is 33.8. The first-order chi connectivity index (χ1) is 23.8. The molecule has 0 amide bonds. The normalized spacial score (nSPS) is 9.51. The van der Waals surface area contributed by atoms with Crippen molar-refractivity contribution >= 4 is 156 Å². The summed E-state index contributed by atoms with van der Waals surface area (Å²) in [5.74, 6) is 1.53. The monoisotopic (exact) mass is 1570 g/mol. The first kappa shape index (κ1) is 60.6. The predicted octanol–water partition coefficient (Wildman–Crippen LogP) is 10.5. The van der Waals surface area contributed by atoms with Crippen molar-refractivity contribution in [2.45, 2.75) is 56.4 Å². The predicted molar refractivity (Wildman–Crippen MR) is 255 cm³/mol. The third kappa shape index (κ3) is 24.4. The number of halogens is 8. The molecule has 0 fully saturated rings. The molecule has 5 heterocycles. The first-order valence-electron chi connectivity index (χ1n) is 13.1. The molecular formula is C26H41Br3I5N12O5V2. The summed E-state index contributed by atoms with van der Waals surface area (Å²) < 4.78 is 16.1. The van der Waals surface area contributed by atoms with E-state index in [0.717, 1.165) is 27.5 Å². The number of aromatic nitrogens is 10. The molecule has 0 aliphatic heterocycles. The van der Waals surface area contributed by atoms with Crippen LogP contribution < -0.4 is 5.73 Å². The Balaban J connectivity index is -0.000000287. The number of carboxylic acid groups (broad SMARTS) is 1. The van der Waals surface area contributed by atoms with Crippen molar-refractivity contribution in [3.05, 3.63) is 51.8 Å². The molecule has 5 aromatic rings. The number of carbonyl (C=O) groups is 1. The van der Waals surface area contributed by atoms with Gasteiger partial charge in [-0.15, -0.1) is 0 Å². The van der Waals surface area contributed by atoms with Crippen LogP contribution in [-0.4, -0.2) is 71.1 Å². The summed E-state index contributed by atoms with van der Waals surface area (Å²) in [6.45, 7) is 10.6. The summed E-state index contributed by atoms with van der Waals surface area (Å²) >= 11 is 21.0. The van der Waals surface area contributed by atoms with Crippen molar-refractivity contribution in [1.82, 2.24) is 48.9 Å². The SMILES string of the molecule is BrBr.C.C.C/C(N)=N/O.Cc1ncn(C)c1C(=O)O.Cc1noc(-c2c(C)nc(Br)n2C)n1.Cc1noc(-c2c(C)ncn2C)n1.[I][V]([I])[I].[I][V][I]. The van der Waals surface area contributed by atoms with Crippen LogP contribution in [0.25, 0.3) is 23.2 Å². The Labute approximate surface area is 400 Å². The zero-order valence-electron chi connectivity index (χ0n) is 28.2. The van der Waals surface area contributed by atoms with Crippen LogP contribution >= 0.6 is 144 Å². The van der Waals surface area contributed by atoms with Gasteiger partial charge in [0.15, 0.2) is 16.4 Å². The number of nitrogens with two attached hydrogens (primary N) is 1. The molecule has 5 rings (SSSR count). The summed E-state index contributed by atoms with van der Waals surface area (Å²) in [5.41, 5.74) is 9.07. The van der Waals surface area contributed by atoms with E-state index in [4.69, 9.17) is 25.1 Å². The second-order valence-electron chi connectivity index (χ2n) is 9.05. The summed E-state index contributed by atoms with van der Waals surface area (Å²) in [6.07, 6.45) is 3.21. The molecular weight excluding hydrogens is 1540 g/mol. The Morgan fingerprint density at radius 2 is 1.23 bits per heavy atom. The fraction of sp³-hybridized carbons (Fsp3) is 0.423. The van der Waals surface area contributed by atoms with Crippen LogP contribution in [-0.2, 0) is 35.5 Å². The minimum absolute atomic E-state index is 0. The molecule has 0 radical (unpaired) electrons. The third-order valence-corrected chi connectivity index (χ3v) is 5.98. The molecule has 0 bridgehead atoms. The molecule has 0 aliphatic rings. The standard InChI is InChI=1S/C8H9BrN4O.C8H10N4O.C6H8N2O2.C2H6N2O.2CH4.Br2.5HI.2V/c1-4-6(13(3)8(9)10-4)7-11-5(2)12-14-7;1-5-7(12(3)4-9-5)8-10-6(2)11-13-8;1-4-5(6(9)10)8(2)3-7-4;1-2(3)4-5;;;1-2;;;;;;;/h1-3H3;4H,1-3H3;3H,1-2H3,(H,9,10);5H,1H3,(H2,3,4);2*1H4;;5*1H;;/q;;;;;;;;;;;;+2;+3/p-5. The average Bonchev–Trinajstić information content (AvgIpc) is 3.86. The Hall–Kier alpha value is 0.909. The van der Waals surface area contributed by atoms with Gasteiger partial charge >= 0.3 is 120 Å². The maximum atomic E-state index is 10.4. The fourth-order valence-corrected chi connectivity index (χ4v) is 3.84. The molecule has 0 unspecified atom stereocenters. The van der Waals surface area contributed by atoms with Gasteiger partial charge in [-0.2, -0.15) is 9.97 Å². The molecule has 0 saturated heterocycles. The molecule has 27 heteroatoms. The number of aromatic carboxylic acids is 1. The average molecular weight is 1580 g/mol. The van der Waals surface area contributed by atoms with E-state index in [2.05, 4.69) is 184 Å². The molecule has 17 nitrogen and oxygen atoms in total. The number of hydrogen-bond donors (Lipinski definition) is 3. The van der Waals surface area contributed by atoms with E-state index in [1.165, 1.54) is 17.8 Å². The van der Waals surface area contributed by atoms with E-state index in [-0.39, 0.29) is 31.3 Å². The quantitative estimate of drug-likeness (QED) is 0.0503. The van der Waals surface area contributed by atoms with Gasteiger partial charge in [0.05, 0.1) is 29.7 Å².